The Morgan fingerprint density at radius 2 is 1.76 bits per heavy atom. The number of hydrogen-bond donors (Lipinski definition) is 3. The number of aliphatic carboxylic acids is 1. The molecule has 42 heavy (non-hydrogen) atoms. The van der Waals surface area contributed by atoms with E-state index in [0.29, 0.717) is 17.9 Å². The standard InChI is InChI=1S/C29H32N4O9/c1-30-21-12-13-25(35)32-14-6-11-23(33(32)28(21)39)27(38)31-22(16-26(36)37)24(34)17-41-29(40)18-7-5-10-20(15-18)42-19-8-3-2-4-9-19/h2-5,7-10,15,21-23,30H,6,11-14,16-17H2,1H3,(H,31,38)(H,36,37)/t21-,22-,23-/m0/s1. The summed E-state index contributed by atoms with van der Waals surface area (Å²) in [5.41, 5.74) is 0.0979. The minimum absolute atomic E-state index is 0.0979. The number of likely N-dealkylation sites (N-methyl/N-ethyl adjacent to an activating group) is 1. The number of carbonyl (C=O) groups is 6. The van der Waals surface area contributed by atoms with Crippen molar-refractivity contribution < 1.29 is 43.3 Å². The summed E-state index contributed by atoms with van der Waals surface area (Å²) in [6, 6.07) is 11.7. The van der Waals surface area contributed by atoms with Crippen LogP contribution < -0.4 is 15.4 Å². The van der Waals surface area contributed by atoms with Crippen LogP contribution in [-0.4, -0.2) is 88.9 Å². The number of hydrazine groups is 1. The van der Waals surface area contributed by atoms with Gasteiger partial charge >= 0.3 is 11.9 Å². The SMILES string of the molecule is CN[C@H]1CCC(=O)N2CCC[C@@H](C(=O)N[C@@H](CC(=O)O)C(=O)COC(=O)c3cccc(Oc4ccccc4)c3)N2C1=O. The molecule has 2 aromatic carbocycles. The van der Waals surface area contributed by atoms with Gasteiger partial charge in [-0.05, 0) is 56.6 Å². The summed E-state index contributed by atoms with van der Waals surface area (Å²) in [7, 11) is 1.58. The van der Waals surface area contributed by atoms with Gasteiger partial charge in [0, 0.05) is 13.0 Å². The molecule has 13 heteroatoms. The fourth-order valence-corrected chi connectivity index (χ4v) is 4.86. The van der Waals surface area contributed by atoms with Crippen LogP contribution in [0.4, 0.5) is 0 Å². The molecule has 0 bridgehead atoms. The number of esters is 1. The number of fused-ring (bicyclic) bond motifs is 1. The largest absolute Gasteiger partial charge is 0.481 e. The fraction of sp³-hybridized carbons (Fsp3) is 0.379. The van der Waals surface area contributed by atoms with Gasteiger partial charge in [-0.2, -0.15) is 0 Å². The number of carboxylic acid groups (broad SMARTS) is 1. The molecule has 3 atom stereocenters. The molecule has 0 aliphatic carbocycles. The molecule has 0 saturated carbocycles. The lowest BCUT2D eigenvalue weighted by atomic mass is 10.0. The highest BCUT2D eigenvalue weighted by Crippen LogP contribution is 2.25. The molecule has 0 spiro atoms. The number of para-hydroxylation sites is 1. The smallest absolute Gasteiger partial charge is 0.338 e. The first-order valence-corrected chi connectivity index (χ1v) is 13.5. The second kappa shape index (κ2) is 13.7. The molecule has 2 heterocycles. The summed E-state index contributed by atoms with van der Waals surface area (Å²) in [5.74, 6) is -3.70. The maximum atomic E-state index is 13.3. The monoisotopic (exact) mass is 580 g/mol. The molecule has 0 radical (unpaired) electrons. The second-order valence-corrected chi connectivity index (χ2v) is 9.88. The van der Waals surface area contributed by atoms with Crippen LogP contribution in [0.5, 0.6) is 11.5 Å². The molecule has 3 N–H and O–H groups in total. The first-order valence-electron chi connectivity index (χ1n) is 13.5. The van der Waals surface area contributed by atoms with Crippen LogP contribution in [0, 0.1) is 0 Å². The van der Waals surface area contributed by atoms with E-state index in [-0.39, 0.29) is 37.3 Å². The van der Waals surface area contributed by atoms with E-state index in [4.69, 9.17) is 9.47 Å². The second-order valence-electron chi connectivity index (χ2n) is 9.88. The third-order valence-electron chi connectivity index (χ3n) is 6.99. The normalized spacial score (nSPS) is 19.3. The Kier molecular flexibility index (Phi) is 9.86. The van der Waals surface area contributed by atoms with E-state index >= 15 is 0 Å². The molecular weight excluding hydrogens is 548 g/mol. The van der Waals surface area contributed by atoms with E-state index < -0.39 is 60.7 Å². The Bertz CT molecular complexity index is 1350. The number of Topliss-reactive ketones (excluding diaryl/α,β-unsaturated/α-hetero) is 1. The van der Waals surface area contributed by atoms with Gasteiger partial charge in [-0.25, -0.2) is 9.80 Å². The number of ether oxygens (including phenoxy) is 2. The molecule has 0 unspecified atom stereocenters. The minimum Gasteiger partial charge on any atom is -0.481 e. The van der Waals surface area contributed by atoms with E-state index in [1.807, 2.05) is 6.07 Å². The zero-order valence-electron chi connectivity index (χ0n) is 23.0. The lowest BCUT2D eigenvalue weighted by Gasteiger charge is -2.43. The Balaban J connectivity index is 1.41. The number of rotatable bonds is 11. The molecule has 2 aliphatic rings. The third kappa shape index (κ3) is 7.29. The molecule has 0 aromatic heterocycles. The molecule has 4 rings (SSSR count). The summed E-state index contributed by atoms with van der Waals surface area (Å²) >= 11 is 0. The number of carboxylic acids is 1. The highest BCUT2D eigenvalue weighted by atomic mass is 16.5. The van der Waals surface area contributed by atoms with Crippen molar-refractivity contribution in [1.29, 1.82) is 0 Å². The summed E-state index contributed by atoms with van der Waals surface area (Å²) in [4.78, 5) is 76.3. The predicted molar refractivity (Wildman–Crippen MR) is 146 cm³/mol. The first kappa shape index (κ1) is 30.2. The Hall–Kier alpha value is -4.78. The van der Waals surface area contributed by atoms with Crippen LogP contribution in [0.1, 0.15) is 42.5 Å². The fourth-order valence-electron chi connectivity index (χ4n) is 4.86. The van der Waals surface area contributed by atoms with Crippen LogP contribution >= 0.6 is 0 Å². The van der Waals surface area contributed by atoms with Crippen LogP contribution in [0.25, 0.3) is 0 Å². The molecule has 3 amide bonds. The van der Waals surface area contributed by atoms with Gasteiger partial charge in [-0.3, -0.25) is 29.0 Å². The van der Waals surface area contributed by atoms with Crippen molar-refractivity contribution in [3.05, 3.63) is 60.2 Å². The molecule has 2 saturated heterocycles. The van der Waals surface area contributed by atoms with Crippen molar-refractivity contribution >= 4 is 35.4 Å². The van der Waals surface area contributed by atoms with Gasteiger partial charge in [0.1, 0.15) is 23.6 Å². The van der Waals surface area contributed by atoms with E-state index in [9.17, 15) is 33.9 Å². The number of nitrogens with zero attached hydrogens (tertiary/aromatic N) is 2. The van der Waals surface area contributed by atoms with Crippen molar-refractivity contribution in [1.82, 2.24) is 20.7 Å². The lowest BCUT2D eigenvalue weighted by molar-refractivity contribution is -0.176. The zero-order chi connectivity index (χ0) is 30.2. The number of hydrogen-bond acceptors (Lipinski definition) is 9. The average molecular weight is 581 g/mol. The molecule has 2 fully saturated rings. The number of nitrogens with one attached hydrogen (secondary N) is 2. The quantitative estimate of drug-likeness (QED) is 0.329. The average Bonchev–Trinajstić information content (AvgIpc) is 3.11. The molecular formula is C29H32N4O9. The lowest BCUT2D eigenvalue weighted by Crippen LogP contribution is -2.64. The van der Waals surface area contributed by atoms with Gasteiger partial charge < -0.3 is 25.2 Å². The van der Waals surface area contributed by atoms with Crippen molar-refractivity contribution in [2.75, 3.05) is 20.2 Å². The van der Waals surface area contributed by atoms with Crippen LogP contribution in [-0.2, 0) is 28.7 Å². The zero-order valence-corrected chi connectivity index (χ0v) is 23.0. The molecule has 222 valence electrons. The summed E-state index contributed by atoms with van der Waals surface area (Å²) < 4.78 is 10.8. The minimum atomic E-state index is -1.54. The maximum Gasteiger partial charge on any atom is 0.338 e. The summed E-state index contributed by atoms with van der Waals surface area (Å²) in [6.07, 6.45) is 0.254. The number of amides is 3. The highest BCUT2D eigenvalue weighted by Gasteiger charge is 2.44. The van der Waals surface area contributed by atoms with E-state index in [2.05, 4.69) is 10.6 Å². The molecule has 2 aliphatic heterocycles. The van der Waals surface area contributed by atoms with Gasteiger partial charge in [0.25, 0.3) is 5.91 Å². The van der Waals surface area contributed by atoms with Crippen LogP contribution in [0.2, 0.25) is 0 Å². The Labute approximate surface area is 241 Å². The van der Waals surface area contributed by atoms with E-state index in [0.717, 1.165) is 5.01 Å². The van der Waals surface area contributed by atoms with E-state index in [1.54, 1.807) is 43.4 Å². The van der Waals surface area contributed by atoms with Crippen molar-refractivity contribution in [3.8, 4) is 11.5 Å². The molecule has 2 aromatic rings. The number of carbonyl (C=O) groups excluding carboxylic acids is 5. The number of ketones is 1. The van der Waals surface area contributed by atoms with Crippen LogP contribution in [0.3, 0.4) is 0 Å². The Morgan fingerprint density at radius 1 is 1.02 bits per heavy atom. The third-order valence-corrected chi connectivity index (χ3v) is 6.99. The Morgan fingerprint density at radius 3 is 2.48 bits per heavy atom. The maximum absolute atomic E-state index is 13.3. The van der Waals surface area contributed by atoms with Crippen LogP contribution in [0.15, 0.2) is 54.6 Å². The van der Waals surface area contributed by atoms with Gasteiger partial charge in [0.15, 0.2) is 12.4 Å². The van der Waals surface area contributed by atoms with Gasteiger partial charge in [0.2, 0.25) is 11.8 Å². The van der Waals surface area contributed by atoms with Crippen molar-refractivity contribution in [3.63, 3.8) is 0 Å². The van der Waals surface area contributed by atoms with Gasteiger partial charge in [-0.15, -0.1) is 0 Å². The van der Waals surface area contributed by atoms with Crippen molar-refractivity contribution in [2.24, 2.45) is 0 Å². The van der Waals surface area contributed by atoms with Gasteiger partial charge in [-0.1, -0.05) is 24.3 Å². The summed E-state index contributed by atoms with van der Waals surface area (Å²) in [6.45, 7) is -0.545. The first-order chi connectivity index (χ1) is 20.2. The predicted octanol–water partition coefficient (Wildman–Crippen LogP) is 1.28. The van der Waals surface area contributed by atoms with Gasteiger partial charge in [0.05, 0.1) is 18.0 Å². The summed E-state index contributed by atoms with van der Waals surface area (Å²) in [5, 5.41) is 17.0. The highest BCUT2D eigenvalue weighted by molar-refractivity contribution is 5.98. The topological polar surface area (TPSA) is 172 Å². The molecule has 13 nitrogen and oxygen atoms in total. The number of benzene rings is 2. The van der Waals surface area contributed by atoms with E-state index in [1.165, 1.54) is 17.1 Å². The van der Waals surface area contributed by atoms with Crippen molar-refractivity contribution in [2.45, 2.75) is 50.2 Å².